The van der Waals surface area contributed by atoms with Gasteiger partial charge in [0.2, 0.25) is 5.91 Å². The van der Waals surface area contributed by atoms with Gasteiger partial charge >= 0.3 is 6.29 Å². The molecule has 3 heterocycles. The van der Waals surface area contributed by atoms with Gasteiger partial charge in [-0.25, -0.2) is 4.98 Å². The van der Waals surface area contributed by atoms with Crippen molar-refractivity contribution in [1.29, 1.82) is 0 Å². The Bertz CT molecular complexity index is 1730. The lowest BCUT2D eigenvalue weighted by molar-refractivity contribution is -0.286. The molecule has 0 bridgehead atoms. The first kappa shape index (κ1) is 29.1. The molecule has 2 aliphatic heterocycles. The third-order valence-electron chi connectivity index (χ3n) is 8.75. The minimum absolute atomic E-state index is 0.0840. The van der Waals surface area contributed by atoms with Gasteiger partial charge in [0.1, 0.15) is 29.1 Å². The molecule has 2 fully saturated rings. The van der Waals surface area contributed by atoms with Crippen molar-refractivity contribution in [2.24, 2.45) is 11.7 Å². The monoisotopic (exact) mass is 623 g/mol. The van der Waals surface area contributed by atoms with Crippen LogP contribution in [0, 0.1) is 5.92 Å². The molecule has 2 saturated carbocycles. The predicted octanol–water partition coefficient (Wildman–Crippen LogP) is 3.78. The van der Waals surface area contributed by atoms with Crippen molar-refractivity contribution in [3.8, 4) is 40.0 Å². The van der Waals surface area contributed by atoms with E-state index < -0.39 is 29.1 Å². The highest BCUT2D eigenvalue weighted by molar-refractivity contribution is 5.95. The third-order valence-corrected chi connectivity index (χ3v) is 8.75. The molecule has 0 saturated heterocycles. The lowest BCUT2D eigenvalue weighted by Gasteiger charge is -2.30. The van der Waals surface area contributed by atoms with Crippen molar-refractivity contribution in [3.63, 3.8) is 0 Å². The molecule has 0 spiro atoms. The van der Waals surface area contributed by atoms with Gasteiger partial charge in [-0.2, -0.15) is 0 Å². The van der Waals surface area contributed by atoms with Crippen molar-refractivity contribution in [3.05, 3.63) is 59.3 Å². The summed E-state index contributed by atoms with van der Waals surface area (Å²) >= 11 is 0. The fourth-order valence-corrected chi connectivity index (χ4v) is 5.69. The zero-order valence-corrected chi connectivity index (χ0v) is 24.5. The second kappa shape index (κ2) is 10.2. The number of amides is 2. The first-order chi connectivity index (χ1) is 21.4. The first-order valence-corrected chi connectivity index (χ1v) is 14.6. The zero-order chi connectivity index (χ0) is 31.7. The Kier molecular flexibility index (Phi) is 6.59. The molecule has 1 aromatic heterocycles. The average Bonchev–Trinajstić information content (AvgIpc) is 3.95. The summed E-state index contributed by atoms with van der Waals surface area (Å²) in [6.07, 6.45) is -0.387. The number of carbonyl (C=O) groups is 2. The van der Waals surface area contributed by atoms with Gasteiger partial charge in [-0.05, 0) is 81.0 Å². The van der Waals surface area contributed by atoms with Crippen molar-refractivity contribution in [2.75, 3.05) is 20.3 Å². The van der Waals surface area contributed by atoms with Crippen LogP contribution >= 0.6 is 0 Å². The van der Waals surface area contributed by atoms with Gasteiger partial charge < -0.3 is 39.8 Å². The lowest BCUT2D eigenvalue weighted by atomic mass is 9.81. The minimum Gasteiger partial charge on any atom is -0.493 e. The van der Waals surface area contributed by atoms with E-state index in [9.17, 15) is 23.5 Å². The number of nitrogens with two attached hydrogens (primary N) is 1. The maximum absolute atomic E-state index is 13.8. The highest BCUT2D eigenvalue weighted by Crippen LogP contribution is 2.51. The molecule has 2 atom stereocenters. The molecule has 2 amide bonds. The normalized spacial score (nSPS) is 22.2. The molecular weight excluding hydrogens is 592 g/mol. The van der Waals surface area contributed by atoms with Gasteiger partial charge in [0.15, 0.2) is 23.0 Å². The highest BCUT2D eigenvalue weighted by Gasteiger charge is 2.50. The van der Waals surface area contributed by atoms with Crippen LogP contribution in [0.3, 0.4) is 0 Å². The summed E-state index contributed by atoms with van der Waals surface area (Å²) in [6, 6.07) is 10.6. The summed E-state index contributed by atoms with van der Waals surface area (Å²) in [5.41, 5.74) is 4.27. The summed E-state index contributed by atoms with van der Waals surface area (Å²) in [5, 5.41) is 15.0. The Balaban J connectivity index is 1.24. The van der Waals surface area contributed by atoms with Crippen LogP contribution in [0.5, 0.6) is 28.7 Å². The summed E-state index contributed by atoms with van der Waals surface area (Å²) < 4.78 is 53.9. The van der Waals surface area contributed by atoms with E-state index in [2.05, 4.69) is 14.8 Å². The third kappa shape index (κ3) is 5.14. The smallest absolute Gasteiger partial charge is 0.493 e. The second-order valence-electron chi connectivity index (χ2n) is 12.1. The number of nitrogens with one attached hydrogen (secondary N) is 1. The number of methoxy groups -OCH3 is 1. The Morgan fingerprint density at radius 1 is 1.09 bits per heavy atom. The van der Waals surface area contributed by atoms with Crippen LogP contribution in [0.25, 0.3) is 11.3 Å². The van der Waals surface area contributed by atoms with Gasteiger partial charge in [0, 0.05) is 16.7 Å². The van der Waals surface area contributed by atoms with Crippen LogP contribution in [0.2, 0.25) is 0 Å². The highest BCUT2D eigenvalue weighted by atomic mass is 19.3. The van der Waals surface area contributed by atoms with E-state index in [1.165, 1.54) is 25.3 Å². The summed E-state index contributed by atoms with van der Waals surface area (Å²) in [7, 11) is 1.50. The minimum atomic E-state index is -3.82. The number of alkyl halides is 2. The summed E-state index contributed by atoms with van der Waals surface area (Å²) in [4.78, 5) is 30.7. The molecule has 3 aromatic rings. The fourth-order valence-electron chi connectivity index (χ4n) is 5.69. The van der Waals surface area contributed by atoms with Crippen LogP contribution in [0.1, 0.15) is 54.2 Å². The molecule has 45 heavy (non-hydrogen) atoms. The van der Waals surface area contributed by atoms with Gasteiger partial charge in [-0.1, -0.05) is 0 Å². The largest absolute Gasteiger partial charge is 0.586 e. The number of aromatic nitrogens is 1. The van der Waals surface area contributed by atoms with E-state index in [0.29, 0.717) is 41.0 Å². The molecular formula is C32H31F2N3O8. The van der Waals surface area contributed by atoms with Crippen LogP contribution in [0.15, 0.2) is 42.5 Å². The molecule has 4 aliphatic rings. The number of fused-ring (bicyclic) bond motifs is 2. The number of carbonyl (C=O) groups excluding carboxylic acids is 2. The Morgan fingerprint density at radius 3 is 2.53 bits per heavy atom. The zero-order valence-electron chi connectivity index (χ0n) is 24.5. The Labute approximate surface area is 256 Å². The SMILES string of the molecule is COc1cc(C(=O)NC[C@](O)(c2cc3c(c(-c4ccc5c(c4)OC(F)(F)O5)n2)OC[C@]3(C)C(N)=O)C2CC2)ccc1OC1CC1. The van der Waals surface area contributed by atoms with Crippen molar-refractivity contribution in [1.82, 2.24) is 10.3 Å². The number of ether oxygens (including phenoxy) is 5. The lowest BCUT2D eigenvalue weighted by Crippen LogP contribution is -2.44. The van der Waals surface area contributed by atoms with Crippen molar-refractivity contribution >= 4 is 11.8 Å². The molecule has 2 aliphatic carbocycles. The number of halogens is 2. The molecule has 13 heteroatoms. The number of pyridine rings is 1. The van der Waals surface area contributed by atoms with E-state index in [0.717, 1.165) is 12.8 Å². The van der Waals surface area contributed by atoms with Crippen LogP contribution < -0.4 is 34.7 Å². The topological polar surface area (TPSA) is 151 Å². The maximum atomic E-state index is 13.8. The molecule has 11 nitrogen and oxygen atoms in total. The predicted molar refractivity (Wildman–Crippen MR) is 154 cm³/mol. The number of primary amides is 1. The number of hydrogen-bond donors (Lipinski definition) is 3. The molecule has 4 N–H and O–H groups in total. The van der Waals surface area contributed by atoms with Gasteiger partial charge in [-0.3, -0.25) is 9.59 Å². The van der Waals surface area contributed by atoms with E-state index >= 15 is 0 Å². The number of aliphatic hydroxyl groups is 1. The molecule has 0 radical (unpaired) electrons. The second-order valence-corrected chi connectivity index (χ2v) is 12.1. The average molecular weight is 624 g/mol. The van der Waals surface area contributed by atoms with Crippen LogP contribution in [0.4, 0.5) is 8.78 Å². The van der Waals surface area contributed by atoms with Crippen LogP contribution in [-0.4, -0.2) is 54.6 Å². The van der Waals surface area contributed by atoms with E-state index in [1.807, 2.05) is 0 Å². The van der Waals surface area contributed by atoms with E-state index in [4.69, 9.17) is 24.9 Å². The molecule has 0 unspecified atom stereocenters. The molecule has 236 valence electrons. The van der Waals surface area contributed by atoms with Crippen molar-refractivity contribution in [2.45, 2.75) is 56.0 Å². The van der Waals surface area contributed by atoms with Gasteiger partial charge in [0.05, 0.1) is 25.5 Å². The fraction of sp³-hybridized carbons (Fsp3) is 0.406. The summed E-state index contributed by atoms with van der Waals surface area (Å²) in [5.74, 6) is -0.513. The summed E-state index contributed by atoms with van der Waals surface area (Å²) in [6.45, 7) is 1.34. The van der Waals surface area contributed by atoms with Gasteiger partial charge in [0.25, 0.3) is 5.91 Å². The Morgan fingerprint density at radius 2 is 1.84 bits per heavy atom. The first-order valence-electron chi connectivity index (χ1n) is 14.6. The van der Waals surface area contributed by atoms with Crippen molar-refractivity contribution < 1.29 is 47.2 Å². The number of nitrogens with zero attached hydrogens (tertiary/aromatic N) is 1. The maximum Gasteiger partial charge on any atom is 0.586 e. The number of hydrogen-bond acceptors (Lipinski definition) is 9. The quantitative estimate of drug-likeness (QED) is 0.307. The number of rotatable bonds is 10. The van der Waals surface area contributed by atoms with Gasteiger partial charge in [-0.15, -0.1) is 8.78 Å². The van der Waals surface area contributed by atoms with E-state index in [1.54, 1.807) is 31.2 Å². The van der Waals surface area contributed by atoms with E-state index in [-0.39, 0.29) is 53.8 Å². The standard InChI is InChI=1S/C32H31F2N3O8/c1-30(29(35)39)15-42-27-20(30)13-25(37-26(27)16-3-10-22-24(11-16)45-32(33,34)44-22)31(40,18-5-6-18)14-36-28(38)17-4-9-21(23(12-17)41-2)43-19-7-8-19/h3-4,9-13,18-19,40H,5-8,14-15H2,1-2H3,(H2,35,39)(H,36,38)/t30-,31+/m0/s1. The Hall–Kier alpha value is -4.65. The number of benzene rings is 2. The van der Waals surface area contributed by atoms with Crippen LogP contribution in [-0.2, 0) is 15.8 Å². The molecule has 2 aromatic carbocycles. The molecule has 7 rings (SSSR count).